The van der Waals surface area contributed by atoms with Gasteiger partial charge in [0, 0.05) is 54.5 Å². The zero-order valence-electron chi connectivity index (χ0n) is 31.7. The first-order chi connectivity index (χ1) is 26.7. The molecule has 8 rings (SSSR count). The largest absolute Gasteiger partial charge is 0.493 e. The van der Waals surface area contributed by atoms with E-state index in [1.807, 2.05) is 64.5 Å². The van der Waals surface area contributed by atoms with Crippen LogP contribution in [0, 0.1) is 0 Å². The number of fused-ring (bicyclic) bond motifs is 8. The fourth-order valence-electron chi connectivity index (χ4n) is 8.14. The summed E-state index contributed by atoms with van der Waals surface area (Å²) in [5.41, 5.74) is 6.80. The molecule has 2 amide bonds. The number of para-hydroxylation sites is 2. The molecule has 4 aliphatic heterocycles. The molecule has 0 aromatic heterocycles. The van der Waals surface area contributed by atoms with Gasteiger partial charge in [-0.3, -0.25) is 19.5 Å². The van der Waals surface area contributed by atoms with Crippen molar-refractivity contribution >= 4 is 61.4 Å². The summed E-state index contributed by atoms with van der Waals surface area (Å²) >= 11 is 5.68. The molecular formula is C43H46N4O6S2. The van der Waals surface area contributed by atoms with E-state index in [9.17, 15) is 9.59 Å². The molecule has 4 heterocycles. The number of hydrogen-bond donors (Lipinski definition) is 0. The highest BCUT2D eigenvalue weighted by Crippen LogP contribution is 2.44. The average Bonchev–Trinajstić information content (AvgIpc) is 3.69. The molecule has 55 heavy (non-hydrogen) atoms. The van der Waals surface area contributed by atoms with E-state index in [-0.39, 0.29) is 38.6 Å². The predicted octanol–water partition coefficient (Wildman–Crippen LogP) is 7.11. The molecule has 4 aromatic carbocycles. The molecule has 4 atom stereocenters. The summed E-state index contributed by atoms with van der Waals surface area (Å²) in [4.78, 5) is 38.8. The van der Waals surface area contributed by atoms with E-state index in [0.29, 0.717) is 59.6 Å². The van der Waals surface area contributed by atoms with Gasteiger partial charge in [-0.1, -0.05) is 54.5 Å². The highest BCUT2D eigenvalue weighted by atomic mass is 32.8. The second-order valence-corrected chi connectivity index (χ2v) is 17.9. The maximum Gasteiger partial charge on any atom is 0.261 e. The number of amides is 2. The molecule has 0 spiro atoms. The van der Waals surface area contributed by atoms with E-state index in [1.165, 1.54) is 5.56 Å². The van der Waals surface area contributed by atoms with Crippen LogP contribution < -0.4 is 33.6 Å². The summed E-state index contributed by atoms with van der Waals surface area (Å²) in [7, 11) is 3.00. The Kier molecular flexibility index (Phi) is 10.5. The van der Waals surface area contributed by atoms with Crippen LogP contribution in [0.4, 0.5) is 22.7 Å². The molecular weight excluding hydrogens is 733 g/mol. The van der Waals surface area contributed by atoms with Gasteiger partial charge in [-0.05, 0) is 67.3 Å². The van der Waals surface area contributed by atoms with Crippen molar-refractivity contribution in [2.45, 2.75) is 56.4 Å². The lowest BCUT2D eigenvalue weighted by Crippen LogP contribution is -2.44. The molecule has 0 saturated carbocycles. The second-order valence-electron chi connectivity index (χ2n) is 14.5. The monoisotopic (exact) mass is 778 g/mol. The van der Waals surface area contributed by atoms with Crippen molar-refractivity contribution in [1.29, 1.82) is 0 Å². The number of benzene rings is 4. The van der Waals surface area contributed by atoms with Gasteiger partial charge >= 0.3 is 0 Å². The Hall–Kier alpha value is -4.94. The third kappa shape index (κ3) is 7.06. The molecule has 286 valence electrons. The molecule has 0 fully saturated rings. The van der Waals surface area contributed by atoms with Crippen LogP contribution in [0.5, 0.6) is 23.0 Å². The van der Waals surface area contributed by atoms with Crippen molar-refractivity contribution in [3.8, 4) is 23.0 Å². The minimum Gasteiger partial charge on any atom is -0.493 e. The Morgan fingerprint density at radius 1 is 0.764 bits per heavy atom. The number of carbonyl (C=O) groups excluding carboxylic acids is 2. The molecule has 0 bridgehead atoms. The van der Waals surface area contributed by atoms with Crippen molar-refractivity contribution in [1.82, 2.24) is 0 Å². The van der Waals surface area contributed by atoms with Crippen molar-refractivity contribution in [2.24, 2.45) is 4.99 Å². The number of carbonyl (C=O) groups is 2. The van der Waals surface area contributed by atoms with E-state index in [1.54, 1.807) is 26.4 Å². The molecule has 10 nitrogen and oxygen atoms in total. The smallest absolute Gasteiger partial charge is 0.261 e. The highest BCUT2D eigenvalue weighted by Gasteiger charge is 2.41. The number of hydrogen-bond acceptors (Lipinski definition) is 9. The van der Waals surface area contributed by atoms with Gasteiger partial charge in [0.15, 0.2) is 23.0 Å². The number of unbranched alkanes of at least 4 members (excludes halogenated alkanes) is 2. The number of aliphatic imine (C=N–C) groups is 1. The maximum atomic E-state index is 14.3. The molecule has 1 unspecified atom stereocenters. The number of nitrogens with zero attached hydrogens (tertiary/aromatic N) is 4. The number of anilines is 3. The molecule has 0 aliphatic carbocycles. The van der Waals surface area contributed by atoms with Gasteiger partial charge in [0.2, 0.25) is 0 Å². The van der Waals surface area contributed by atoms with Gasteiger partial charge in [-0.2, -0.15) is 0 Å². The van der Waals surface area contributed by atoms with Gasteiger partial charge in [-0.15, -0.1) is 9.45 Å². The van der Waals surface area contributed by atoms with Gasteiger partial charge < -0.3 is 28.7 Å². The summed E-state index contributed by atoms with van der Waals surface area (Å²) in [6, 6.07) is 23.5. The van der Waals surface area contributed by atoms with Crippen molar-refractivity contribution < 1.29 is 28.5 Å². The lowest BCUT2D eigenvalue weighted by Gasteiger charge is -2.30. The van der Waals surface area contributed by atoms with E-state index in [4.69, 9.17) is 35.1 Å². The maximum absolute atomic E-state index is 14.3. The Morgan fingerprint density at radius 3 is 2.04 bits per heavy atom. The lowest BCUT2D eigenvalue weighted by atomic mass is 10.1. The van der Waals surface area contributed by atoms with E-state index in [2.05, 4.69) is 30.2 Å². The Bertz CT molecular complexity index is 2190. The van der Waals surface area contributed by atoms with Crippen LogP contribution in [0.15, 0.2) is 77.8 Å². The first-order valence-electron chi connectivity index (χ1n) is 18.9. The summed E-state index contributed by atoms with van der Waals surface area (Å²) in [6.45, 7) is 4.59. The van der Waals surface area contributed by atoms with Crippen LogP contribution in [-0.2, 0) is 33.5 Å². The molecule has 12 heteroatoms. The fraction of sp³-hybridized carbons (Fsp3) is 0.372. The number of rotatable bonds is 13. The molecule has 4 aromatic rings. The SMILES string of the molecule is COc1cc2c(cc1OCCCCCOc1cc3c(cc1OC)C(=O)N1c4ccccc4C[C@H]1CN3C[C@@H](C)S(C)=S)N=C[C@@H]1Cc3ccccc3N1C2=O. The summed E-state index contributed by atoms with van der Waals surface area (Å²) in [6.07, 6.45) is 7.96. The van der Waals surface area contributed by atoms with Crippen LogP contribution in [0.1, 0.15) is 58.0 Å². The first-order valence-corrected chi connectivity index (χ1v) is 21.5. The van der Waals surface area contributed by atoms with Crippen LogP contribution in [0.2, 0.25) is 0 Å². The molecule has 4 aliphatic rings. The van der Waals surface area contributed by atoms with Crippen LogP contribution in [0.25, 0.3) is 0 Å². The summed E-state index contributed by atoms with van der Waals surface area (Å²) in [5, 5.41) is 0.277. The zero-order valence-corrected chi connectivity index (χ0v) is 33.3. The fourth-order valence-corrected chi connectivity index (χ4v) is 8.71. The number of methoxy groups -OCH3 is 2. The highest BCUT2D eigenvalue weighted by molar-refractivity contribution is 8.28. The van der Waals surface area contributed by atoms with Crippen LogP contribution in [-0.4, -0.2) is 82.1 Å². The van der Waals surface area contributed by atoms with Gasteiger partial charge in [-0.25, -0.2) is 0 Å². The lowest BCUT2D eigenvalue weighted by molar-refractivity contribution is 0.0976. The van der Waals surface area contributed by atoms with Gasteiger partial charge in [0.05, 0.1) is 62.0 Å². The van der Waals surface area contributed by atoms with Crippen molar-refractivity contribution in [3.63, 3.8) is 0 Å². The summed E-state index contributed by atoms with van der Waals surface area (Å²) in [5.74, 6) is 2.10. The normalized spacial score (nSPS) is 18.9. The minimum absolute atomic E-state index is 0.0190. The quantitative estimate of drug-likeness (QED) is 0.133. The summed E-state index contributed by atoms with van der Waals surface area (Å²) < 4.78 is 24.0. The van der Waals surface area contributed by atoms with Gasteiger partial charge in [0.1, 0.15) is 0 Å². The topological polar surface area (TPSA) is 93.1 Å². The second kappa shape index (κ2) is 15.7. The van der Waals surface area contributed by atoms with Crippen molar-refractivity contribution in [3.05, 3.63) is 95.1 Å². The standard InChI is InChI=1S/C43H46N4O6S2/c1-27(55(4)54)25-45-26-31-19-29-13-7-9-15-36(29)47(31)43(49)33-21-39(51-3)41(23-37(33)45)53-17-11-5-10-16-52-40-22-34-32(20-38(40)50-2)42(48)46-30(24-44-34)18-28-12-6-8-14-35(28)46/h6-9,12-15,20-24,27,30-31H,5,10-11,16-19,25-26H2,1-4H3/t27-,30+,31+,55?/m1/s1. The molecule has 0 radical (unpaired) electrons. The van der Waals surface area contributed by atoms with E-state index >= 15 is 0 Å². The Morgan fingerprint density at radius 2 is 1.36 bits per heavy atom. The number of ether oxygens (including phenoxy) is 4. The van der Waals surface area contributed by atoms with Crippen LogP contribution >= 0.6 is 0 Å². The Labute approximate surface area is 329 Å². The molecule has 0 saturated heterocycles. The first kappa shape index (κ1) is 37.0. The third-order valence-corrected chi connectivity index (χ3v) is 13.3. The van der Waals surface area contributed by atoms with E-state index < -0.39 is 0 Å². The Balaban J connectivity index is 0.912. The average molecular weight is 779 g/mol. The van der Waals surface area contributed by atoms with E-state index in [0.717, 1.165) is 61.3 Å². The minimum atomic E-state index is -0.196. The van der Waals surface area contributed by atoms with Gasteiger partial charge in [0.25, 0.3) is 11.8 Å². The van der Waals surface area contributed by atoms with Crippen molar-refractivity contribution in [2.75, 3.05) is 61.5 Å². The van der Waals surface area contributed by atoms with Crippen LogP contribution in [0.3, 0.4) is 0 Å². The third-order valence-electron chi connectivity index (χ3n) is 11.1. The zero-order chi connectivity index (χ0) is 38.2. The molecule has 0 N–H and O–H groups in total. The predicted molar refractivity (Wildman–Crippen MR) is 223 cm³/mol.